The van der Waals surface area contributed by atoms with Gasteiger partial charge in [0.15, 0.2) is 0 Å². The molecule has 0 fully saturated rings. The Bertz CT molecular complexity index is 758. The predicted octanol–water partition coefficient (Wildman–Crippen LogP) is 2.52. The van der Waals surface area contributed by atoms with Crippen LogP contribution in [0.4, 0.5) is 11.4 Å². The summed E-state index contributed by atoms with van der Waals surface area (Å²) in [5.74, 6) is -1.40. The van der Waals surface area contributed by atoms with Crippen LogP contribution < -0.4 is 16.2 Å². The van der Waals surface area contributed by atoms with E-state index >= 15 is 0 Å². The van der Waals surface area contributed by atoms with Gasteiger partial charge in [0.2, 0.25) is 0 Å². The van der Waals surface area contributed by atoms with Crippen molar-refractivity contribution in [3.63, 3.8) is 0 Å². The summed E-state index contributed by atoms with van der Waals surface area (Å²) in [6.07, 6.45) is 0. The molecule has 0 aliphatic heterocycles. The second-order valence-corrected chi connectivity index (χ2v) is 4.63. The molecule has 0 amide bonds. The van der Waals surface area contributed by atoms with Crippen LogP contribution in [-0.2, 0) is 4.74 Å². The molecule has 23 heavy (non-hydrogen) atoms. The lowest BCUT2D eigenvalue weighted by Crippen LogP contribution is -2.11. The Kier molecular flexibility index (Phi) is 4.70. The van der Waals surface area contributed by atoms with Gasteiger partial charge in [-0.2, -0.15) is 0 Å². The molecule has 2 rings (SSSR count). The molecule has 2 aromatic rings. The molecule has 0 atom stereocenters. The normalized spacial score (nSPS) is 10.1. The van der Waals surface area contributed by atoms with E-state index in [1.165, 1.54) is 24.3 Å². The number of aromatic carboxylic acids is 1. The van der Waals surface area contributed by atoms with Gasteiger partial charge in [-0.25, -0.2) is 9.59 Å². The van der Waals surface area contributed by atoms with Crippen LogP contribution in [0, 0.1) is 0 Å². The van der Waals surface area contributed by atoms with Crippen molar-refractivity contribution in [3.8, 4) is 11.5 Å². The largest absolute Gasteiger partial charge is 0.478 e. The van der Waals surface area contributed by atoms with Crippen molar-refractivity contribution in [2.75, 3.05) is 18.1 Å². The molecule has 0 spiro atoms. The van der Waals surface area contributed by atoms with Crippen molar-refractivity contribution in [2.24, 2.45) is 0 Å². The lowest BCUT2D eigenvalue weighted by molar-refractivity contribution is 0.0514. The smallest absolute Gasteiger partial charge is 0.339 e. The summed E-state index contributed by atoms with van der Waals surface area (Å²) < 4.78 is 10.4. The molecule has 2 aromatic carbocycles. The molecular weight excluding hydrogens is 300 g/mol. The summed E-state index contributed by atoms with van der Waals surface area (Å²) in [5, 5.41) is 9.26. The Morgan fingerprint density at radius 3 is 2.43 bits per heavy atom. The summed E-state index contributed by atoms with van der Waals surface area (Å²) >= 11 is 0. The van der Waals surface area contributed by atoms with Crippen LogP contribution in [0.3, 0.4) is 0 Å². The number of carboxylic acid groups (broad SMARTS) is 1. The number of carbonyl (C=O) groups is 2. The molecule has 0 unspecified atom stereocenters. The minimum atomic E-state index is -1.26. The van der Waals surface area contributed by atoms with E-state index < -0.39 is 11.9 Å². The number of carboxylic acids is 1. The zero-order valence-electron chi connectivity index (χ0n) is 12.4. The van der Waals surface area contributed by atoms with E-state index in [1.807, 2.05) is 0 Å². The SMILES string of the molecule is CCOC(=O)c1ccc(Oc2ccc(N)cc2N)cc1C(=O)O. The van der Waals surface area contributed by atoms with Gasteiger partial charge in [-0.15, -0.1) is 0 Å². The lowest BCUT2D eigenvalue weighted by atomic mass is 10.1. The van der Waals surface area contributed by atoms with Crippen LogP contribution in [0.5, 0.6) is 11.5 Å². The molecule has 120 valence electrons. The third-order valence-electron chi connectivity index (χ3n) is 2.98. The van der Waals surface area contributed by atoms with Gasteiger partial charge >= 0.3 is 11.9 Å². The van der Waals surface area contributed by atoms with Crippen molar-refractivity contribution in [2.45, 2.75) is 6.92 Å². The maximum absolute atomic E-state index is 11.8. The van der Waals surface area contributed by atoms with E-state index in [0.717, 1.165) is 0 Å². The van der Waals surface area contributed by atoms with Crippen molar-refractivity contribution < 1.29 is 24.2 Å². The molecule has 7 heteroatoms. The Balaban J connectivity index is 2.35. The third-order valence-corrected chi connectivity index (χ3v) is 2.98. The van der Waals surface area contributed by atoms with Crippen molar-refractivity contribution in [1.29, 1.82) is 0 Å². The van der Waals surface area contributed by atoms with Gasteiger partial charge in [0, 0.05) is 5.69 Å². The minimum Gasteiger partial charge on any atom is -0.478 e. The maximum atomic E-state index is 11.8. The molecule has 5 N–H and O–H groups in total. The van der Waals surface area contributed by atoms with E-state index in [-0.39, 0.29) is 23.5 Å². The van der Waals surface area contributed by atoms with Crippen LogP contribution in [0.2, 0.25) is 0 Å². The first-order chi connectivity index (χ1) is 10.9. The zero-order chi connectivity index (χ0) is 17.0. The number of anilines is 2. The molecule has 0 aromatic heterocycles. The summed E-state index contributed by atoms with van der Waals surface area (Å²) in [6.45, 7) is 1.79. The number of esters is 1. The van der Waals surface area contributed by atoms with E-state index in [2.05, 4.69) is 0 Å². The standard InChI is InChI=1S/C16H16N2O5/c1-2-22-16(21)11-5-4-10(8-12(11)15(19)20)23-14-6-3-9(17)7-13(14)18/h3-8H,2,17-18H2,1H3,(H,19,20). The number of ether oxygens (including phenoxy) is 2. The van der Waals surface area contributed by atoms with Crippen LogP contribution >= 0.6 is 0 Å². The van der Waals surface area contributed by atoms with Gasteiger partial charge < -0.3 is 26.0 Å². The fourth-order valence-corrected chi connectivity index (χ4v) is 1.94. The van der Waals surface area contributed by atoms with E-state index in [0.29, 0.717) is 17.1 Å². The van der Waals surface area contributed by atoms with Gasteiger partial charge in [-0.3, -0.25) is 0 Å². The quantitative estimate of drug-likeness (QED) is 0.571. The number of hydrogen-bond donors (Lipinski definition) is 3. The molecule has 0 aliphatic carbocycles. The fourth-order valence-electron chi connectivity index (χ4n) is 1.94. The monoisotopic (exact) mass is 316 g/mol. The van der Waals surface area contributed by atoms with Crippen LogP contribution in [0.25, 0.3) is 0 Å². The van der Waals surface area contributed by atoms with Gasteiger partial charge in [-0.1, -0.05) is 0 Å². The Labute approximate surface area is 132 Å². The number of nitrogen functional groups attached to an aromatic ring is 2. The van der Waals surface area contributed by atoms with Crippen molar-refractivity contribution >= 4 is 23.3 Å². The summed E-state index contributed by atoms with van der Waals surface area (Å²) in [7, 11) is 0. The number of rotatable bonds is 5. The van der Waals surface area contributed by atoms with Gasteiger partial charge in [0.25, 0.3) is 0 Å². The number of hydrogen-bond acceptors (Lipinski definition) is 6. The average Bonchev–Trinajstić information content (AvgIpc) is 2.50. The predicted molar refractivity (Wildman–Crippen MR) is 84.7 cm³/mol. The summed E-state index contributed by atoms with van der Waals surface area (Å²) in [5.41, 5.74) is 11.9. The number of nitrogens with two attached hydrogens (primary N) is 2. The molecule has 7 nitrogen and oxygen atoms in total. The van der Waals surface area contributed by atoms with Crippen molar-refractivity contribution in [3.05, 3.63) is 47.5 Å². The summed E-state index contributed by atoms with van der Waals surface area (Å²) in [4.78, 5) is 23.1. The van der Waals surface area contributed by atoms with Gasteiger partial charge in [0.1, 0.15) is 11.5 Å². The molecule has 0 bridgehead atoms. The Morgan fingerprint density at radius 2 is 1.83 bits per heavy atom. The molecule has 0 heterocycles. The number of carbonyl (C=O) groups excluding carboxylic acids is 1. The fraction of sp³-hybridized carbons (Fsp3) is 0.125. The van der Waals surface area contributed by atoms with Crippen LogP contribution in [-0.4, -0.2) is 23.7 Å². The topological polar surface area (TPSA) is 125 Å². The first-order valence-electron chi connectivity index (χ1n) is 6.79. The van der Waals surface area contributed by atoms with E-state index in [9.17, 15) is 14.7 Å². The minimum absolute atomic E-state index is 0.0445. The van der Waals surface area contributed by atoms with E-state index in [1.54, 1.807) is 19.1 Å². The van der Waals surface area contributed by atoms with E-state index in [4.69, 9.17) is 20.9 Å². The zero-order valence-corrected chi connectivity index (χ0v) is 12.4. The highest BCUT2D eigenvalue weighted by Gasteiger charge is 2.19. The van der Waals surface area contributed by atoms with Gasteiger partial charge in [-0.05, 0) is 43.3 Å². The first kappa shape index (κ1) is 16.2. The molecule has 0 aliphatic rings. The average molecular weight is 316 g/mol. The highest BCUT2D eigenvalue weighted by atomic mass is 16.5. The molecule has 0 radical (unpaired) electrons. The molecule has 0 saturated heterocycles. The third kappa shape index (κ3) is 3.70. The lowest BCUT2D eigenvalue weighted by Gasteiger charge is -2.11. The maximum Gasteiger partial charge on any atom is 0.339 e. The van der Waals surface area contributed by atoms with Crippen LogP contribution in [0.1, 0.15) is 27.6 Å². The molecular formula is C16H16N2O5. The molecule has 0 saturated carbocycles. The second kappa shape index (κ2) is 6.69. The highest BCUT2D eigenvalue weighted by Crippen LogP contribution is 2.30. The van der Waals surface area contributed by atoms with Gasteiger partial charge in [0.05, 0.1) is 23.4 Å². The van der Waals surface area contributed by atoms with Crippen molar-refractivity contribution in [1.82, 2.24) is 0 Å². The van der Waals surface area contributed by atoms with Crippen LogP contribution in [0.15, 0.2) is 36.4 Å². The first-order valence-corrected chi connectivity index (χ1v) is 6.79. The summed E-state index contributed by atoms with van der Waals surface area (Å²) in [6, 6.07) is 8.75. The number of benzene rings is 2. The Morgan fingerprint density at radius 1 is 1.09 bits per heavy atom. The second-order valence-electron chi connectivity index (χ2n) is 4.63. The Hall–Kier alpha value is -3.22. The highest BCUT2D eigenvalue weighted by molar-refractivity contribution is 6.02.